The summed E-state index contributed by atoms with van der Waals surface area (Å²) in [7, 11) is -0.596. The van der Waals surface area contributed by atoms with E-state index in [0.717, 1.165) is 23.8 Å². The molecule has 0 saturated carbocycles. The van der Waals surface area contributed by atoms with Crippen molar-refractivity contribution in [2.45, 2.75) is 45.2 Å². The third-order valence-electron chi connectivity index (χ3n) is 6.81. The van der Waals surface area contributed by atoms with Crippen molar-refractivity contribution in [1.29, 1.82) is 0 Å². The highest BCUT2D eigenvalue weighted by Gasteiger charge is 2.30. The van der Waals surface area contributed by atoms with Gasteiger partial charge in [-0.3, -0.25) is 13.9 Å². The van der Waals surface area contributed by atoms with Gasteiger partial charge >= 0.3 is 0 Å². The Morgan fingerprint density at radius 1 is 0.905 bits per heavy atom. The molecule has 0 radical (unpaired) electrons. The van der Waals surface area contributed by atoms with Crippen LogP contribution in [0.25, 0.3) is 0 Å². The fourth-order valence-electron chi connectivity index (χ4n) is 4.71. The molecular weight excluding hydrogens is 554 g/mol. The van der Waals surface area contributed by atoms with Crippen molar-refractivity contribution in [3.63, 3.8) is 0 Å². The van der Waals surface area contributed by atoms with Crippen molar-refractivity contribution in [3.8, 4) is 11.5 Å². The second-order valence-electron chi connectivity index (χ2n) is 9.98. The van der Waals surface area contributed by atoms with E-state index in [9.17, 15) is 18.0 Å². The van der Waals surface area contributed by atoms with Crippen molar-refractivity contribution in [3.05, 3.63) is 90.0 Å². The molecule has 0 fully saturated rings. The van der Waals surface area contributed by atoms with Crippen LogP contribution in [0.15, 0.2) is 78.9 Å². The molecule has 0 spiro atoms. The van der Waals surface area contributed by atoms with Gasteiger partial charge in [-0.2, -0.15) is 0 Å². The minimum atomic E-state index is -3.66. The Morgan fingerprint density at radius 3 is 2.26 bits per heavy atom. The molecule has 0 saturated heterocycles. The molecule has 0 bridgehead atoms. The van der Waals surface area contributed by atoms with Gasteiger partial charge in [-0.25, -0.2) is 8.42 Å². The predicted octanol–water partition coefficient (Wildman–Crippen LogP) is 4.42. The van der Waals surface area contributed by atoms with Crippen LogP contribution in [0.5, 0.6) is 11.5 Å². The molecule has 9 nitrogen and oxygen atoms in total. The monoisotopic (exact) mass is 595 g/mol. The number of amides is 2. The number of benzene rings is 3. The summed E-state index contributed by atoms with van der Waals surface area (Å²) >= 11 is 0. The number of anilines is 1. The van der Waals surface area contributed by atoms with Crippen molar-refractivity contribution < 1.29 is 27.5 Å². The molecule has 1 unspecified atom stereocenters. The second kappa shape index (κ2) is 15.8. The topological polar surface area (TPSA) is 105 Å². The molecule has 3 aromatic rings. The first kappa shape index (κ1) is 32.5. The SMILES string of the molecule is CCCNC(=O)C(Cc1ccccc1)N(Cc1cccc(OC)c1)C(=O)CCCN(c1ccccc1OC)S(C)(=O)=O. The summed E-state index contributed by atoms with van der Waals surface area (Å²) in [6.07, 6.45) is 2.51. The number of rotatable bonds is 16. The van der Waals surface area contributed by atoms with Crippen LogP contribution >= 0.6 is 0 Å². The molecule has 3 aromatic carbocycles. The van der Waals surface area contributed by atoms with Crippen LogP contribution in [0.3, 0.4) is 0 Å². The summed E-state index contributed by atoms with van der Waals surface area (Å²) < 4.78 is 37.5. The van der Waals surface area contributed by atoms with Gasteiger partial charge in [0.1, 0.15) is 17.5 Å². The van der Waals surface area contributed by atoms with E-state index >= 15 is 0 Å². The predicted molar refractivity (Wildman–Crippen MR) is 165 cm³/mol. The van der Waals surface area contributed by atoms with E-state index in [4.69, 9.17) is 9.47 Å². The zero-order chi connectivity index (χ0) is 30.5. The molecule has 226 valence electrons. The van der Waals surface area contributed by atoms with E-state index < -0.39 is 16.1 Å². The molecule has 0 heterocycles. The van der Waals surface area contributed by atoms with Crippen LogP contribution in [0, 0.1) is 0 Å². The number of hydrogen-bond acceptors (Lipinski definition) is 6. The maximum Gasteiger partial charge on any atom is 0.243 e. The molecule has 0 aromatic heterocycles. The standard InChI is InChI=1S/C32H41N3O6S/c1-5-20-33-32(37)29(23-25-13-7-6-8-14-25)34(24-26-15-11-16-27(22-26)40-2)31(36)19-12-21-35(42(4,38)39)28-17-9-10-18-30(28)41-3/h6-11,13-18,22,29H,5,12,19-21,23-24H2,1-4H3,(H,33,37). The van der Waals surface area contributed by atoms with Gasteiger partial charge in [0.15, 0.2) is 0 Å². The number of sulfonamides is 1. The number of nitrogens with one attached hydrogen (secondary N) is 1. The van der Waals surface area contributed by atoms with E-state index in [2.05, 4.69) is 5.32 Å². The Hall–Kier alpha value is -4.05. The molecule has 2 amide bonds. The Balaban J connectivity index is 1.90. The lowest BCUT2D eigenvalue weighted by molar-refractivity contribution is -0.141. The van der Waals surface area contributed by atoms with Crippen LogP contribution in [0.4, 0.5) is 5.69 Å². The van der Waals surface area contributed by atoms with Crippen molar-refractivity contribution in [2.75, 3.05) is 37.9 Å². The normalized spacial score (nSPS) is 11.8. The number of methoxy groups -OCH3 is 2. The fourth-order valence-corrected chi connectivity index (χ4v) is 5.67. The molecule has 42 heavy (non-hydrogen) atoms. The van der Waals surface area contributed by atoms with E-state index in [1.807, 2.05) is 61.5 Å². The van der Waals surface area contributed by atoms with Crippen molar-refractivity contribution >= 4 is 27.5 Å². The molecule has 0 aliphatic rings. The third-order valence-corrected chi connectivity index (χ3v) is 7.99. The lowest BCUT2D eigenvalue weighted by Gasteiger charge is -2.32. The summed E-state index contributed by atoms with van der Waals surface area (Å²) in [5, 5.41) is 2.97. The maximum absolute atomic E-state index is 13.9. The van der Waals surface area contributed by atoms with Crippen molar-refractivity contribution in [2.24, 2.45) is 0 Å². The summed E-state index contributed by atoms with van der Waals surface area (Å²) in [5.41, 5.74) is 2.15. The molecule has 1 N–H and O–H groups in total. The number of ether oxygens (including phenoxy) is 2. The van der Waals surface area contributed by atoms with Gasteiger partial charge in [0, 0.05) is 32.5 Å². The van der Waals surface area contributed by atoms with Gasteiger partial charge in [-0.05, 0) is 48.2 Å². The molecule has 3 rings (SSSR count). The van der Waals surface area contributed by atoms with Gasteiger partial charge in [-0.15, -0.1) is 0 Å². The maximum atomic E-state index is 13.9. The highest BCUT2D eigenvalue weighted by Crippen LogP contribution is 2.30. The number of hydrogen-bond donors (Lipinski definition) is 1. The average Bonchev–Trinajstić information content (AvgIpc) is 2.99. The second-order valence-corrected chi connectivity index (χ2v) is 11.9. The van der Waals surface area contributed by atoms with Gasteiger partial charge in [0.2, 0.25) is 21.8 Å². The summed E-state index contributed by atoms with van der Waals surface area (Å²) in [5.74, 6) is 0.586. The fraction of sp³-hybridized carbons (Fsp3) is 0.375. The van der Waals surface area contributed by atoms with Crippen LogP contribution in [0.2, 0.25) is 0 Å². The lowest BCUT2D eigenvalue weighted by Crippen LogP contribution is -2.50. The van der Waals surface area contributed by atoms with Gasteiger partial charge in [0.25, 0.3) is 0 Å². The highest BCUT2D eigenvalue weighted by atomic mass is 32.2. The third kappa shape index (κ3) is 9.24. The Bertz CT molecular complexity index is 1410. The Morgan fingerprint density at radius 2 is 1.60 bits per heavy atom. The number of carbonyl (C=O) groups is 2. The van der Waals surface area contributed by atoms with Crippen molar-refractivity contribution in [1.82, 2.24) is 10.2 Å². The van der Waals surface area contributed by atoms with E-state index in [-0.39, 0.29) is 37.7 Å². The first-order valence-electron chi connectivity index (χ1n) is 14.0. The van der Waals surface area contributed by atoms with Crippen LogP contribution < -0.4 is 19.1 Å². The Labute approximate surface area is 249 Å². The van der Waals surface area contributed by atoms with E-state index in [1.165, 1.54) is 11.4 Å². The summed E-state index contributed by atoms with van der Waals surface area (Å²) in [4.78, 5) is 29.0. The van der Waals surface area contributed by atoms with Gasteiger partial charge < -0.3 is 19.7 Å². The van der Waals surface area contributed by atoms with Gasteiger partial charge in [0.05, 0.1) is 26.2 Å². The number of para-hydroxylation sites is 2. The largest absolute Gasteiger partial charge is 0.497 e. The highest BCUT2D eigenvalue weighted by molar-refractivity contribution is 7.92. The molecule has 1 atom stereocenters. The molecule has 0 aliphatic heterocycles. The molecular formula is C32H41N3O6S. The number of carbonyl (C=O) groups excluding carboxylic acids is 2. The minimum absolute atomic E-state index is 0.0392. The first-order valence-corrected chi connectivity index (χ1v) is 15.9. The average molecular weight is 596 g/mol. The zero-order valence-electron chi connectivity index (χ0n) is 24.8. The first-order chi connectivity index (χ1) is 20.2. The Kier molecular flexibility index (Phi) is 12.2. The molecule has 0 aliphatic carbocycles. The van der Waals surface area contributed by atoms with Crippen LogP contribution in [-0.4, -0.2) is 64.7 Å². The molecule has 10 heteroatoms. The van der Waals surface area contributed by atoms with E-state index in [0.29, 0.717) is 30.2 Å². The number of nitrogens with zero attached hydrogens (tertiary/aromatic N) is 2. The zero-order valence-corrected chi connectivity index (χ0v) is 25.6. The van der Waals surface area contributed by atoms with Crippen LogP contribution in [0.1, 0.15) is 37.3 Å². The lowest BCUT2D eigenvalue weighted by atomic mass is 10.0. The van der Waals surface area contributed by atoms with E-state index in [1.54, 1.807) is 36.3 Å². The summed E-state index contributed by atoms with van der Waals surface area (Å²) in [6.45, 7) is 2.73. The minimum Gasteiger partial charge on any atom is -0.497 e. The quantitative estimate of drug-likeness (QED) is 0.263. The van der Waals surface area contributed by atoms with Gasteiger partial charge in [-0.1, -0.05) is 61.5 Å². The summed E-state index contributed by atoms with van der Waals surface area (Å²) in [6, 6.07) is 23.1. The van der Waals surface area contributed by atoms with Crippen LogP contribution in [-0.2, 0) is 32.6 Å². The smallest absolute Gasteiger partial charge is 0.243 e.